The molecule has 116 valence electrons. The smallest absolute Gasteiger partial charge is 0.257 e. The van der Waals surface area contributed by atoms with Gasteiger partial charge in [-0.05, 0) is 23.3 Å². The van der Waals surface area contributed by atoms with Gasteiger partial charge in [0.25, 0.3) is 5.56 Å². The number of halogens is 1. The standard InChI is InChI=1S/C18H15BrN2O2/c19-15-8-6-14(7-9-15)12-21-16(20-17(22)11-18(21)23)10-13-4-2-1-3-5-13/h1-9,11,22H,10,12H2. The summed E-state index contributed by atoms with van der Waals surface area (Å²) in [5.41, 5.74) is 1.78. The molecule has 0 saturated heterocycles. The molecule has 3 rings (SSSR count). The normalized spacial score (nSPS) is 10.7. The summed E-state index contributed by atoms with van der Waals surface area (Å²) < 4.78 is 2.58. The molecule has 0 saturated carbocycles. The van der Waals surface area contributed by atoms with E-state index >= 15 is 0 Å². The number of aromatic nitrogens is 2. The number of benzene rings is 2. The lowest BCUT2D eigenvalue weighted by molar-refractivity contribution is 0.442. The lowest BCUT2D eigenvalue weighted by Gasteiger charge is -2.12. The van der Waals surface area contributed by atoms with Crippen molar-refractivity contribution in [1.29, 1.82) is 0 Å². The second-order valence-electron chi connectivity index (χ2n) is 5.24. The van der Waals surface area contributed by atoms with Crippen molar-refractivity contribution in [2.45, 2.75) is 13.0 Å². The van der Waals surface area contributed by atoms with Crippen molar-refractivity contribution in [3.05, 3.63) is 92.4 Å². The number of aromatic hydroxyl groups is 1. The molecule has 3 aromatic rings. The Kier molecular flexibility index (Phi) is 4.57. The fourth-order valence-electron chi connectivity index (χ4n) is 2.40. The largest absolute Gasteiger partial charge is 0.493 e. The fraction of sp³-hybridized carbons (Fsp3) is 0.111. The van der Waals surface area contributed by atoms with Crippen LogP contribution < -0.4 is 5.56 Å². The summed E-state index contributed by atoms with van der Waals surface area (Å²) in [4.78, 5) is 16.4. The fourth-order valence-corrected chi connectivity index (χ4v) is 2.66. The van der Waals surface area contributed by atoms with E-state index in [1.807, 2.05) is 54.6 Å². The van der Waals surface area contributed by atoms with Gasteiger partial charge in [0.05, 0.1) is 12.6 Å². The number of hydrogen-bond donors (Lipinski definition) is 1. The first-order valence-corrected chi connectivity index (χ1v) is 7.99. The van der Waals surface area contributed by atoms with E-state index in [1.54, 1.807) is 4.57 Å². The third kappa shape index (κ3) is 3.87. The van der Waals surface area contributed by atoms with E-state index < -0.39 is 0 Å². The zero-order valence-electron chi connectivity index (χ0n) is 12.3. The maximum Gasteiger partial charge on any atom is 0.257 e. The van der Waals surface area contributed by atoms with Gasteiger partial charge in [-0.25, -0.2) is 0 Å². The Labute approximate surface area is 142 Å². The molecule has 0 radical (unpaired) electrons. The monoisotopic (exact) mass is 370 g/mol. The number of hydrogen-bond acceptors (Lipinski definition) is 3. The van der Waals surface area contributed by atoms with E-state index in [0.29, 0.717) is 18.8 Å². The lowest BCUT2D eigenvalue weighted by atomic mass is 10.1. The van der Waals surface area contributed by atoms with Crippen LogP contribution in [0.15, 0.2) is 69.9 Å². The predicted octanol–water partition coefficient (Wildman–Crippen LogP) is 3.35. The molecular formula is C18H15BrN2O2. The van der Waals surface area contributed by atoms with Crippen LogP contribution in [0.25, 0.3) is 0 Å². The van der Waals surface area contributed by atoms with E-state index in [1.165, 1.54) is 0 Å². The van der Waals surface area contributed by atoms with E-state index in [4.69, 9.17) is 0 Å². The Morgan fingerprint density at radius 3 is 2.39 bits per heavy atom. The minimum absolute atomic E-state index is 0.243. The summed E-state index contributed by atoms with van der Waals surface area (Å²) in [6.45, 7) is 0.418. The minimum Gasteiger partial charge on any atom is -0.493 e. The molecule has 5 heteroatoms. The highest BCUT2D eigenvalue weighted by molar-refractivity contribution is 9.10. The Bertz CT molecular complexity index is 858. The van der Waals surface area contributed by atoms with Gasteiger partial charge >= 0.3 is 0 Å². The van der Waals surface area contributed by atoms with Crippen molar-refractivity contribution in [2.24, 2.45) is 0 Å². The van der Waals surface area contributed by atoms with Crippen LogP contribution in [0, 0.1) is 0 Å². The van der Waals surface area contributed by atoms with Crippen LogP contribution in [0.2, 0.25) is 0 Å². The molecular weight excluding hydrogens is 356 g/mol. The lowest BCUT2D eigenvalue weighted by Crippen LogP contribution is -2.25. The highest BCUT2D eigenvalue weighted by Crippen LogP contribution is 2.14. The van der Waals surface area contributed by atoms with Gasteiger partial charge in [0, 0.05) is 10.9 Å². The third-order valence-corrected chi connectivity index (χ3v) is 4.06. The van der Waals surface area contributed by atoms with Gasteiger partial charge in [0.15, 0.2) is 0 Å². The Balaban J connectivity index is 1.98. The van der Waals surface area contributed by atoms with Crippen molar-refractivity contribution in [2.75, 3.05) is 0 Å². The SMILES string of the molecule is O=c1cc(O)nc(Cc2ccccc2)n1Cc1ccc(Br)cc1. The van der Waals surface area contributed by atoms with Gasteiger partial charge < -0.3 is 5.11 Å². The van der Waals surface area contributed by atoms with Crippen molar-refractivity contribution in [1.82, 2.24) is 9.55 Å². The first-order valence-electron chi connectivity index (χ1n) is 7.20. The molecule has 23 heavy (non-hydrogen) atoms. The highest BCUT2D eigenvalue weighted by Gasteiger charge is 2.10. The summed E-state index contributed by atoms with van der Waals surface area (Å²) in [5.74, 6) is 0.303. The topological polar surface area (TPSA) is 55.1 Å². The van der Waals surface area contributed by atoms with Crippen LogP contribution in [0.4, 0.5) is 0 Å². The molecule has 2 aromatic carbocycles. The molecule has 1 N–H and O–H groups in total. The molecule has 0 bridgehead atoms. The molecule has 0 spiro atoms. The van der Waals surface area contributed by atoms with Crippen LogP contribution in [0.1, 0.15) is 17.0 Å². The van der Waals surface area contributed by atoms with Crippen LogP contribution in [-0.4, -0.2) is 14.7 Å². The maximum atomic E-state index is 12.3. The third-order valence-electron chi connectivity index (χ3n) is 3.53. The van der Waals surface area contributed by atoms with Crippen LogP contribution in [-0.2, 0) is 13.0 Å². The van der Waals surface area contributed by atoms with Crippen molar-refractivity contribution in [3.63, 3.8) is 0 Å². The number of rotatable bonds is 4. The van der Waals surface area contributed by atoms with Crippen molar-refractivity contribution in [3.8, 4) is 5.88 Å². The molecule has 0 aliphatic heterocycles. The molecule has 4 nitrogen and oxygen atoms in total. The highest BCUT2D eigenvalue weighted by atomic mass is 79.9. The van der Waals surface area contributed by atoms with Gasteiger partial charge in [-0.3, -0.25) is 9.36 Å². The molecule has 0 aliphatic rings. The van der Waals surface area contributed by atoms with Gasteiger partial charge in [-0.15, -0.1) is 0 Å². The average Bonchev–Trinajstić information content (AvgIpc) is 2.53. The first-order chi connectivity index (χ1) is 11.1. The molecule has 0 atom stereocenters. The summed E-state index contributed by atoms with van der Waals surface area (Å²) in [6.07, 6.45) is 0.487. The molecule has 1 heterocycles. The average molecular weight is 371 g/mol. The molecule has 0 aliphatic carbocycles. The summed E-state index contributed by atoms with van der Waals surface area (Å²) in [6, 6.07) is 18.7. The second kappa shape index (κ2) is 6.79. The zero-order valence-corrected chi connectivity index (χ0v) is 13.9. The van der Waals surface area contributed by atoms with Gasteiger partial charge in [0.1, 0.15) is 5.82 Å². The zero-order chi connectivity index (χ0) is 16.2. The minimum atomic E-state index is -0.258. The molecule has 0 amide bonds. The van der Waals surface area contributed by atoms with E-state index in [-0.39, 0.29) is 11.4 Å². The van der Waals surface area contributed by atoms with E-state index in [2.05, 4.69) is 20.9 Å². The maximum absolute atomic E-state index is 12.3. The van der Waals surface area contributed by atoms with E-state index in [0.717, 1.165) is 21.7 Å². The summed E-state index contributed by atoms with van der Waals surface area (Å²) >= 11 is 3.40. The van der Waals surface area contributed by atoms with Crippen molar-refractivity contribution < 1.29 is 5.11 Å². The second-order valence-corrected chi connectivity index (χ2v) is 6.16. The van der Waals surface area contributed by atoms with Gasteiger partial charge in [-0.1, -0.05) is 58.4 Å². The Morgan fingerprint density at radius 1 is 1.00 bits per heavy atom. The quantitative estimate of drug-likeness (QED) is 0.765. The predicted molar refractivity (Wildman–Crippen MR) is 92.7 cm³/mol. The van der Waals surface area contributed by atoms with Gasteiger partial charge in [0.2, 0.25) is 5.88 Å². The summed E-state index contributed by atoms with van der Waals surface area (Å²) in [7, 11) is 0. The van der Waals surface area contributed by atoms with E-state index in [9.17, 15) is 9.90 Å². The van der Waals surface area contributed by atoms with Crippen LogP contribution in [0.3, 0.4) is 0 Å². The Morgan fingerprint density at radius 2 is 1.70 bits per heavy atom. The molecule has 0 fully saturated rings. The number of nitrogens with zero attached hydrogens (tertiary/aromatic N) is 2. The first kappa shape index (κ1) is 15.5. The molecule has 0 unspecified atom stereocenters. The Hall–Kier alpha value is -2.40. The van der Waals surface area contributed by atoms with Crippen LogP contribution >= 0.6 is 15.9 Å². The van der Waals surface area contributed by atoms with Gasteiger partial charge in [-0.2, -0.15) is 4.98 Å². The van der Waals surface area contributed by atoms with Crippen LogP contribution in [0.5, 0.6) is 5.88 Å². The molecule has 1 aromatic heterocycles. The van der Waals surface area contributed by atoms with Crippen molar-refractivity contribution >= 4 is 15.9 Å². The summed E-state index contributed by atoms with van der Waals surface area (Å²) in [5, 5.41) is 9.67.